The molecule has 0 unspecified atom stereocenters. The summed E-state index contributed by atoms with van der Waals surface area (Å²) in [5.41, 5.74) is 2.24. The van der Waals surface area contributed by atoms with Gasteiger partial charge in [-0.1, -0.05) is 30.3 Å². The minimum absolute atomic E-state index is 0.990. The quantitative estimate of drug-likeness (QED) is 0.525. The Labute approximate surface area is 88.3 Å². The van der Waals surface area contributed by atoms with Crippen LogP contribution in [-0.2, 0) is 0 Å². The summed E-state index contributed by atoms with van der Waals surface area (Å²) in [7, 11) is 0. The SMILES string of the molecule is Cc1oc2ccc3ccccc3c2c1C. The third kappa shape index (κ3) is 1.09. The van der Waals surface area contributed by atoms with Crippen molar-refractivity contribution in [2.75, 3.05) is 0 Å². The van der Waals surface area contributed by atoms with Crippen molar-refractivity contribution in [2.24, 2.45) is 0 Å². The van der Waals surface area contributed by atoms with E-state index < -0.39 is 0 Å². The van der Waals surface area contributed by atoms with E-state index >= 15 is 0 Å². The zero-order valence-corrected chi connectivity index (χ0v) is 8.87. The van der Waals surface area contributed by atoms with E-state index in [1.807, 2.05) is 6.92 Å². The molecule has 0 amide bonds. The van der Waals surface area contributed by atoms with Crippen LogP contribution < -0.4 is 0 Å². The molecule has 0 spiro atoms. The van der Waals surface area contributed by atoms with Crippen LogP contribution in [0.1, 0.15) is 11.3 Å². The first-order valence-corrected chi connectivity index (χ1v) is 5.15. The number of hydrogen-bond acceptors (Lipinski definition) is 1. The molecule has 0 fully saturated rings. The molecule has 0 N–H and O–H groups in total. The second kappa shape index (κ2) is 2.86. The van der Waals surface area contributed by atoms with Crippen LogP contribution in [0.2, 0.25) is 0 Å². The van der Waals surface area contributed by atoms with Gasteiger partial charge in [-0.15, -0.1) is 0 Å². The van der Waals surface area contributed by atoms with Gasteiger partial charge in [0.05, 0.1) is 0 Å². The molecule has 0 aliphatic carbocycles. The molecule has 2 aromatic carbocycles. The average molecular weight is 196 g/mol. The Balaban J connectivity index is 2.63. The highest BCUT2D eigenvalue weighted by Crippen LogP contribution is 2.31. The summed E-state index contributed by atoms with van der Waals surface area (Å²) >= 11 is 0. The Kier molecular flexibility index (Phi) is 1.63. The summed E-state index contributed by atoms with van der Waals surface area (Å²) in [6, 6.07) is 12.6. The Morgan fingerprint density at radius 1 is 0.933 bits per heavy atom. The molecule has 3 rings (SSSR count). The largest absolute Gasteiger partial charge is 0.461 e. The van der Waals surface area contributed by atoms with Crippen molar-refractivity contribution in [3.8, 4) is 0 Å². The highest BCUT2D eigenvalue weighted by molar-refractivity contribution is 6.07. The predicted molar refractivity (Wildman–Crippen MR) is 63.2 cm³/mol. The molecular formula is C14H12O. The Bertz CT molecular complexity index is 647. The van der Waals surface area contributed by atoms with Crippen molar-refractivity contribution in [3.05, 3.63) is 47.7 Å². The highest BCUT2D eigenvalue weighted by Gasteiger charge is 2.09. The van der Waals surface area contributed by atoms with E-state index in [-0.39, 0.29) is 0 Å². The summed E-state index contributed by atoms with van der Waals surface area (Å²) in [6.07, 6.45) is 0. The third-order valence-corrected chi connectivity index (χ3v) is 3.06. The van der Waals surface area contributed by atoms with Crippen LogP contribution in [0.4, 0.5) is 0 Å². The smallest absolute Gasteiger partial charge is 0.135 e. The van der Waals surface area contributed by atoms with Gasteiger partial charge in [0.15, 0.2) is 0 Å². The van der Waals surface area contributed by atoms with Crippen molar-refractivity contribution in [1.29, 1.82) is 0 Å². The molecule has 0 radical (unpaired) electrons. The number of rotatable bonds is 0. The van der Waals surface area contributed by atoms with Gasteiger partial charge >= 0.3 is 0 Å². The van der Waals surface area contributed by atoms with Crippen molar-refractivity contribution in [2.45, 2.75) is 13.8 Å². The first kappa shape index (κ1) is 8.54. The maximum absolute atomic E-state index is 5.71. The van der Waals surface area contributed by atoms with Crippen LogP contribution >= 0.6 is 0 Å². The van der Waals surface area contributed by atoms with Gasteiger partial charge in [0.2, 0.25) is 0 Å². The molecule has 1 aromatic heterocycles. The van der Waals surface area contributed by atoms with Gasteiger partial charge in [-0.3, -0.25) is 0 Å². The fourth-order valence-corrected chi connectivity index (χ4v) is 2.14. The first-order chi connectivity index (χ1) is 7.27. The van der Waals surface area contributed by atoms with Gasteiger partial charge in [-0.25, -0.2) is 0 Å². The number of hydrogen-bond donors (Lipinski definition) is 0. The molecule has 0 atom stereocenters. The number of benzene rings is 2. The maximum Gasteiger partial charge on any atom is 0.135 e. The summed E-state index contributed by atoms with van der Waals surface area (Å²) in [6.45, 7) is 4.14. The molecular weight excluding hydrogens is 184 g/mol. The number of aryl methyl sites for hydroxylation is 2. The average Bonchev–Trinajstić information content (AvgIpc) is 2.55. The third-order valence-electron chi connectivity index (χ3n) is 3.06. The molecule has 74 valence electrons. The van der Waals surface area contributed by atoms with Gasteiger partial charge in [0.1, 0.15) is 11.3 Å². The molecule has 0 saturated heterocycles. The van der Waals surface area contributed by atoms with E-state index in [1.165, 1.54) is 21.7 Å². The van der Waals surface area contributed by atoms with Crippen molar-refractivity contribution < 1.29 is 4.42 Å². The summed E-state index contributed by atoms with van der Waals surface area (Å²) < 4.78 is 5.71. The normalized spacial score (nSPS) is 11.3. The predicted octanol–water partition coefficient (Wildman–Crippen LogP) is 4.20. The monoisotopic (exact) mass is 196 g/mol. The van der Waals surface area contributed by atoms with E-state index in [2.05, 4.69) is 43.3 Å². The van der Waals surface area contributed by atoms with Crippen molar-refractivity contribution >= 4 is 21.7 Å². The first-order valence-electron chi connectivity index (χ1n) is 5.15. The van der Waals surface area contributed by atoms with Gasteiger partial charge in [-0.2, -0.15) is 0 Å². The highest BCUT2D eigenvalue weighted by atomic mass is 16.3. The Morgan fingerprint density at radius 3 is 2.60 bits per heavy atom. The Hall–Kier alpha value is -1.76. The second-order valence-electron chi connectivity index (χ2n) is 3.94. The fraction of sp³-hybridized carbons (Fsp3) is 0.143. The molecule has 0 saturated carbocycles. The summed E-state index contributed by atoms with van der Waals surface area (Å²) in [5, 5.41) is 3.81. The van der Waals surface area contributed by atoms with Crippen LogP contribution in [0.25, 0.3) is 21.7 Å². The number of fused-ring (bicyclic) bond motifs is 3. The van der Waals surface area contributed by atoms with Gasteiger partial charge in [0, 0.05) is 5.39 Å². The topological polar surface area (TPSA) is 13.1 Å². The zero-order valence-electron chi connectivity index (χ0n) is 8.87. The van der Waals surface area contributed by atoms with Crippen LogP contribution in [0.5, 0.6) is 0 Å². The van der Waals surface area contributed by atoms with Gasteiger partial charge in [-0.05, 0) is 36.2 Å². The lowest BCUT2D eigenvalue weighted by Gasteiger charge is -1.98. The molecule has 1 heterocycles. The molecule has 1 nitrogen and oxygen atoms in total. The minimum Gasteiger partial charge on any atom is -0.461 e. The van der Waals surface area contributed by atoms with Crippen LogP contribution in [-0.4, -0.2) is 0 Å². The standard InChI is InChI=1S/C14H12O/c1-9-10(2)15-13-8-7-11-5-3-4-6-12(11)14(9)13/h3-8H,1-2H3. The zero-order chi connectivity index (χ0) is 10.4. The van der Waals surface area contributed by atoms with E-state index in [1.54, 1.807) is 0 Å². The van der Waals surface area contributed by atoms with E-state index in [4.69, 9.17) is 4.42 Å². The fourth-order valence-electron chi connectivity index (χ4n) is 2.14. The lowest BCUT2D eigenvalue weighted by Crippen LogP contribution is -1.75. The van der Waals surface area contributed by atoms with E-state index in [0.29, 0.717) is 0 Å². The van der Waals surface area contributed by atoms with Crippen molar-refractivity contribution in [3.63, 3.8) is 0 Å². The van der Waals surface area contributed by atoms with Crippen LogP contribution in [0, 0.1) is 13.8 Å². The minimum atomic E-state index is 0.990. The lowest BCUT2D eigenvalue weighted by molar-refractivity contribution is 0.575. The van der Waals surface area contributed by atoms with Gasteiger partial charge < -0.3 is 4.42 Å². The van der Waals surface area contributed by atoms with Crippen LogP contribution in [0.15, 0.2) is 40.8 Å². The summed E-state index contributed by atoms with van der Waals surface area (Å²) in [5.74, 6) is 1.02. The number of furan rings is 1. The maximum atomic E-state index is 5.71. The van der Waals surface area contributed by atoms with Crippen molar-refractivity contribution in [1.82, 2.24) is 0 Å². The molecule has 15 heavy (non-hydrogen) atoms. The Morgan fingerprint density at radius 2 is 1.73 bits per heavy atom. The molecule has 0 aliphatic heterocycles. The molecule has 0 aliphatic rings. The lowest BCUT2D eigenvalue weighted by atomic mass is 10.0. The van der Waals surface area contributed by atoms with Crippen LogP contribution in [0.3, 0.4) is 0 Å². The van der Waals surface area contributed by atoms with E-state index in [9.17, 15) is 0 Å². The molecule has 1 heteroatoms. The van der Waals surface area contributed by atoms with E-state index in [0.717, 1.165) is 11.3 Å². The molecule has 0 bridgehead atoms. The molecule has 3 aromatic rings. The van der Waals surface area contributed by atoms with Gasteiger partial charge in [0.25, 0.3) is 0 Å². The second-order valence-corrected chi connectivity index (χ2v) is 3.94. The summed E-state index contributed by atoms with van der Waals surface area (Å²) in [4.78, 5) is 0.